The van der Waals surface area contributed by atoms with Crippen molar-refractivity contribution in [1.29, 1.82) is 0 Å². The van der Waals surface area contributed by atoms with Crippen molar-refractivity contribution in [3.8, 4) is 0 Å². The molecule has 116 valence electrons. The van der Waals surface area contributed by atoms with E-state index in [1.54, 1.807) is 12.1 Å². The van der Waals surface area contributed by atoms with E-state index in [4.69, 9.17) is 17.3 Å². The van der Waals surface area contributed by atoms with Gasteiger partial charge in [0.15, 0.2) is 0 Å². The van der Waals surface area contributed by atoms with Gasteiger partial charge in [-0.1, -0.05) is 49.4 Å². The fourth-order valence-corrected chi connectivity index (χ4v) is 2.44. The van der Waals surface area contributed by atoms with Gasteiger partial charge >= 0.3 is 0 Å². The molecule has 1 heterocycles. The van der Waals surface area contributed by atoms with E-state index in [0.29, 0.717) is 12.4 Å². The van der Waals surface area contributed by atoms with Gasteiger partial charge in [-0.25, -0.2) is 9.38 Å². The molecule has 0 spiro atoms. The van der Waals surface area contributed by atoms with E-state index >= 15 is 0 Å². The molecule has 0 saturated carbocycles. The number of aliphatic imine (C=N–C) groups is 1. The number of nitrogens with two attached hydrogens (primary N) is 1. The smallest absolute Gasteiger partial charge is 0.146 e. The Morgan fingerprint density at radius 1 is 1.45 bits per heavy atom. The van der Waals surface area contributed by atoms with E-state index in [1.807, 2.05) is 6.08 Å². The summed E-state index contributed by atoms with van der Waals surface area (Å²) in [6.07, 6.45) is 6.19. The number of halogens is 2. The Hall–Kier alpha value is -2.07. The van der Waals surface area contributed by atoms with Gasteiger partial charge in [-0.05, 0) is 24.1 Å². The SMILES string of the molecule is C=C1C=CC(CC)N(Cc2ccc(F)cc2)/C1=N/C(Cl)=C\N. The van der Waals surface area contributed by atoms with E-state index in [9.17, 15) is 4.39 Å². The molecule has 1 aliphatic heterocycles. The molecular formula is C17H19ClFN3. The molecule has 0 aromatic heterocycles. The average Bonchev–Trinajstić information content (AvgIpc) is 2.52. The van der Waals surface area contributed by atoms with Gasteiger partial charge in [-0.3, -0.25) is 0 Å². The van der Waals surface area contributed by atoms with Crippen LogP contribution in [0.5, 0.6) is 0 Å². The molecule has 2 rings (SSSR count). The molecule has 0 bridgehead atoms. The number of hydrogen-bond acceptors (Lipinski definition) is 2. The Morgan fingerprint density at radius 2 is 2.14 bits per heavy atom. The lowest BCUT2D eigenvalue weighted by molar-refractivity contribution is 0.339. The maximum atomic E-state index is 13.1. The van der Waals surface area contributed by atoms with Crippen LogP contribution in [0.3, 0.4) is 0 Å². The molecule has 5 heteroatoms. The lowest BCUT2D eigenvalue weighted by Crippen LogP contribution is -2.41. The Balaban J connectivity index is 2.36. The summed E-state index contributed by atoms with van der Waals surface area (Å²) in [7, 11) is 0. The van der Waals surface area contributed by atoms with Gasteiger partial charge in [0.2, 0.25) is 0 Å². The maximum absolute atomic E-state index is 13.1. The first-order chi connectivity index (χ1) is 10.5. The summed E-state index contributed by atoms with van der Waals surface area (Å²) in [5.41, 5.74) is 7.17. The molecule has 0 aliphatic carbocycles. The predicted octanol–water partition coefficient (Wildman–Crippen LogP) is 3.93. The number of amidine groups is 1. The quantitative estimate of drug-likeness (QED) is 0.854. The van der Waals surface area contributed by atoms with E-state index in [0.717, 1.165) is 17.6 Å². The third-order valence-corrected chi connectivity index (χ3v) is 3.72. The van der Waals surface area contributed by atoms with Crippen molar-refractivity contribution in [2.75, 3.05) is 0 Å². The zero-order chi connectivity index (χ0) is 16.1. The van der Waals surface area contributed by atoms with Crippen molar-refractivity contribution < 1.29 is 4.39 Å². The Morgan fingerprint density at radius 3 is 2.73 bits per heavy atom. The van der Waals surface area contributed by atoms with Crippen molar-refractivity contribution in [3.05, 3.63) is 71.3 Å². The van der Waals surface area contributed by atoms with E-state index in [2.05, 4.69) is 29.5 Å². The van der Waals surface area contributed by atoms with Crippen LogP contribution < -0.4 is 5.73 Å². The van der Waals surface area contributed by atoms with Crippen LogP contribution in [-0.2, 0) is 6.54 Å². The minimum absolute atomic E-state index is 0.177. The van der Waals surface area contributed by atoms with Crippen molar-refractivity contribution in [3.63, 3.8) is 0 Å². The highest BCUT2D eigenvalue weighted by Crippen LogP contribution is 2.23. The molecule has 0 radical (unpaired) electrons. The molecule has 0 amide bonds. The molecule has 1 aromatic rings. The standard InChI is InChI=1S/C17H19ClFN3/c1-3-15-9-4-12(2)17(21-16(18)10-20)22(15)11-13-5-7-14(19)8-6-13/h4-10,15H,2-3,11,20H2,1H3/b16-10-,21-17+. The van der Waals surface area contributed by atoms with Crippen LogP contribution >= 0.6 is 11.6 Å². The third kappa shape index (κ3) is 3.77. The molecule has 0 fully saturated rings. The summed E-state index contributed by atoms with van der Waals surface area (Å²) in [5, 5.41) is 0.213. The molecule has 0 saturated heterocycles. The van der Waals surface area contributed by atoms with Crippen LogP contribution in [0.2, 0.25) is 0 Å². The third-order valence-electron chi connectivity index (χ3n) is 3.51. The van der Waals surface area contributed by atoms with E-state index in [1.165, 1.54) is 18.3 Å². The fourth-order valence-electron chi connectivity index (χ4n) is 2.36. The van der Waals surface area contributed by atoms with Crippen LogP contribution in [0.4, 0.5) is 4.39 Å². The molecule has 22 heavy (non-hydrogen) atoms. The highest BCUT2D eigenvalue weighted by Gasteiger charge is 2.24. The van der Waals surface area contributed by atoms with Crippen LogP contribution in [0, 0.1) is 5.82 Å². The lowest BCUT2D eigenvalue weighted by atomic mass is 10.0. The highest BCUT2D eigenvalue weighted by molar-refractivity contribution is 6.30. The van der Waals surface area contributed by atoms with Crippen LogP contribution in [0.25, 0.3) is 0 Å². The van der Waals surface area contributed by atoms with Gasteiger partial charge in [0.25, 0.3) is 0 Å². The van der Waals surface area contributed by atoms with Gasteiger partial charge < -0.3 is 10.6 Å². The summed E-state index contributed by atoms with van der Waals surface area (Å²) >= 11 is 5.95. The summed E-state index contributed by atoms with van der Waals surface area (Å²) in [4.78, 5) is 6.45. The summed E-state index contributed by atoms with van der Waals surface area (Å²) in [6.45, 7) is 6.70. The average molecular weight is 320 g/mol. The highest BCUT2D eigenvalue weighted by atomic mass is 35.5. The van der Waals surface area contributed by atoms with Crippen molar-refractivity contribution in [1.82, 2.24) is 4.90 Å². The molecular weight excluding hydrogens is 301 g/mol. The second-order valence-electron chi connectivity index (χ2n) is 5.04. The second kappa shape index (κ2) is 7.27. The number of hydrogen-bond donors (Lipinski definition) is 1. The minimum Gasteiger partial charge on any atom is -0.402 e. The molecule has 1 aromatic carbocycles. The first-order valence-corrected chi connectivity index (χ1v) is 7.47. The summed E-state index contributed by atoms with van der Waals surface area (Å²) in [6, 6.07) is 6.61. The summed E-state index contributed by atoms with van der Waals surface area (Å²) < 4.78 is 13.1. The zero-order valence-corrected chi connectivity index (χ0v) is 13.2. The Bertz CT molecular complexity index is 632. The maximum Gasteiger partial charge on any atom is 0.146 e. The topological polar surface area (TPSA) is 41.6 Å². The molecule has 2 N–H and O–H groups in total. The normalized spacial score (nSPS) is 20.8. The minimum atomic E-state index is -0.248. The van der Waals surface area contributed by atoms with Crippen molar-refractivity contribution in [2.45, 2.75) is 25.9 Å². The summed E-state index contributed by atoms with van der Waals surface area (Å²) in [5.74, 6) is 0.437. The zero-order valence-electron chi connectivity index (χ0n) is 12.5. The van der Waals surface area contributed by atoms with Gasteiger partial charge in [0.05, 0.1) is 0 Å². The van der Waals surface area contributed by atoms with E-state index in [-0.39, 0.29) is 17.0 Å². The molecule has 3 nitrogen and oxygen atoms in total. The van der Waals surface area contributed by atoms with Gasteiger partial charge in [-0.15, -0.1) is 0 Å². The monoisotopic (exact) mass is 319 g/mol. The van der Waals surface area contributed by atoms with Crippen LogP contribution in [0.1, 0.15) is 18.9 Å². The first-order valence-electron chi connectivity index (χ1n) is 7.09. The fraction of sp³-hybridized carbons (Fsp3) is 0.235. The van der Waals surface area contributed by atoms with Crippen LogP contribution in [0.15, 0.2) is 64.9 Å². The van der Waals surface area contributed by atoms with Crippen molar-refractivity contribution in [2.24, 2.45) is 10.7 Å². The number of nitrogens with zero attached hydrogens (tertiary/aromatic N) is 2. The van der Waals surface area contributed by atoms with Crippen LogP contribution in [-0.4, -0.2) is 16.8 Å². The van der Waals surface area contributed by atoms with E-state index < -0.39 is 0 Å². The molecule has 1 aliphatic rings. The Labute approximate surface area is 135 Å². The van der Waals surface area contributed by atoms with Gasteiger partial charge in [0, 0.05) is 24.4 Å². The molecule has 1 atom stereocenters. The molecule has 1 unspecified atom stereocenters. The van der Waals surface area contributed by atoms with Crippen molar-refractivity contribution >= 4 is 17.4 Å². The van der Waals surface area contributed by atoms with Gasteiger partial charge in [-0.2, -0.15) is 0 Å². The first kappa shape index (κ1) is 16.3. The second-order valence-corrected chi connectivity index (χ2v) is 5.43. The van der Waals surface area contributed by atoms with Gasteiger partial charge in [0.1, 0.15) is 16.8 Å². The number of benzene rings is 1. The number of rotatable bonds is 4. The largest absolute Gasteiger partial charge is 0.402 e. The predicted molar refractivity (Wildman–Crippen MR) is 89.9 cm³/mol. The Kier molecular flexibility index (Phi) is 5.39. The lowest BCUT2D eigenvalue weighted by Gasteiger charge is -2.35.